The predicted molar refractivity (Wildman–Crippen MR) is 67.4 cm³/mol. The maximum Gasteiger partial charge on any atom is 0.257 e. The van der Waals surface area contributed by atoms with Crippen molar-refractivity contribution in [3.8, 4) is 11.5 Å². The molecule has 1 aromatic carbocycles. The lowest BCUT2D eigenvalue weighted by Crippen LogP contribution is -2.19. The number of halogens is 4. The van der Waals surface area contributed by atoms with Crippen molar-refractivity contribution < 1.29 is 18.3 Å². The summed E-state index contributed by atoms with van der Waals surface area (Å²) in [4.78, 5) is 0. The van der Waals surface area contributed by atoms with Gasteiger partial charge in [0.15, 0.2) is 0 Å². The molecule has 0 aliphatic heterocycles. The summed E-state index contributed by atoms with van der Waals surface area (Å²) in [6.45, 7) is 0. The van der Waals surface area contributed by atoms with Gasteiger partial charge in [-0.15, -0.1) is 12.4 Å². The topological polar surface area (TPSA) is 44.5 Å². The maximum atomic E-state index is 12.5. The van der Waals surface area contributed by atoms with Gasteiger partial charge in [-0.05, 0) is 33.6 Å². The second kappa shape index (κ2) is 6.98. The van der Waals surface area contributed by atoms with Crippen molar-refractivity contribution in [1.82, 2.24) is 0 Å². The standard InChI is InChI=1S/C10H12BrF2NO2.ClH/c1-15-6-3-5(9(14)10(12)13)4-7(16-2)8(6)11;/h3-4,9-10H,14H2,1-2H3;1H/t9-;/m0./s1. The van der Waals surface area contributed by atoms with E-state index in [2.05, 4.69) is 15.9 Å². The smallest absolute Gasteiger partial charge is 0.257 e. The lowest BCUT2D eigenvalue weighted by molar-refractivity contribution is 0.116. The summed E-state index contributed by atoms with van der Waals surface area (Å²) in [6.07, 6.45) is -2.63. The SMILES string of the molecule is COc1cc([C@H](N)C(F)F)cc(OC)c1Br.Cl. The fourth-order valence-electron chi connectivity index (χ4n) is 1.23. The fourth-order valence-corrected chi connectivity index (χ4v) is 1.78. The zero-order valence-corrected chi connectivity index (χ0v) is 11.6. The number of rotatable bonds is 4. The lowest BCUT2D eigenvalue weighted by atomic mass is 10.1. The largest absolute Gasteiger partial charge is 0.495 e. The van der Waals surface area contributed by atoms with E-state index >= 15 is 0 Å². The predicted octanol–water partition coefficient (Wildman–Crippen LogP) is 3.15. The number of ether oxygens (including phenoxy) is 2. The van der Waals surface area contributed by atoms with Crippen LogP contribution in [0.25, 0.3) is 0 Å². The summed E-state index contributed by atoms with van der Waals surface area (Å²) >= 11 is 3.24. The molecule has 0 bridgehead atoms. The molecule has 98 valence electrons. The molecule has 0 saturated heterocycles. The molecular formula is C10H13BrClF2NO2. The lowest BCUT2D eigenvalue weighted by Gasteiger charge is -2.15. The zero-order valence-electron chi connectivity index (χ0n) is 9.25. The van der Waals surface area contributed by atoms with Gasteiger partial charge in [-0.3, -0.25) is 0 Å². The van der Waals surface area contributed by atoms with Gasteiger partial charge in [0, 0.05) is 0 Å². The van der Waals surface area contributed by atoms with Crippen LogP contribution in [0, 0.1) is 0 Å². The van der Waals surface area contributed by atoms with Gasteiger partial charge in [-0.25, -0.2) is 8.78 Å². The molecule has 2 N–H and O–H groups in total. The molecule has 0 saturated carbocycles. The average molecular weight is 333 g/mol. The van der Waals surface area contributed by atoms with Crippen LogP contribution in [0.15, 0.2) is 16.6 Å². The van der Waals surface area contributed by atoms with Gasteiger partial charge in [0.25, 0.3) is 6.43 Å². The summed E-state index contributed by atoms with van der Waals surface area (Å²) in [5.74, 6) is 0.816. The van der Waals surface area contributed by atoms with Crippen LogP contribution in [0.5, 0.6) is 11.5 Å². The number of alkyl halides is 2. The molecule has 17 heavy (non-hydrogen) atoms. The highest BCUT2D eigenvalue weighted by Gasteiger charge is 2.20. The van der Waals surface area contributed by atoms with Gasteiger partial charge in [0.2, 0.25) is 0 Å². The summed E-state index contributed by atoms with van der Waals surface area (Å²) in [6, 6.07) is 1.57. The molecule has 0 spiro atoms. The fraction of sp³-hybridized carbons (Fsp3) is 0.400. The molecule has 0 aliphatic carbocycles. The first-order chi connectivity index (χ1) is 7.51. The summed E-state index contributed by atoms with van der Waals surface area (Å²) < 4.78 is 35.6. The van der Waals surface area contributed by atoms with Crippen LogP contribution in [-0.4, -0.2) is 20.6 Å². The average Bonchev–Trinajstić information content (AvgIpc) is 2.28. The molecule has 0 amide bonds. The van der Waals surface area contributed by atoms with E-state index in [-0.39, 0.29) is 18.0 Å². The minimum Gasteiger partial charge on any atom is -0.495 e. The third kappa shape index (κ3) is 3.69. The second-order valence-corrected chi connectivity index (χ2v) is 3.89. The monoisotopic (exact) mass is 331 g/mol. The normalized spacial score (nSPS) is 11.9. The van der Waals surface area contributed by atoms with Crippen LogP contribution >= 0.6 is 28.3 Å². The van der Waals surface area contributed by atoms with Crippen molar-refractivity contribution in [3.05, 3.63) is 22.2 Å². The Kier molecular flexibility index (Phi) is 6.74. The molecule has 0 radical (unpaired) electrons. The van der Waals surface area contributed by atoms with E-state index in [1.165, 1.54) is 26.4 Å². The molecule has 7 heteroatoms. The molecule has 3 nitrogen and oxygen atoms in total. The molecule has 0 aliphatic rings. The van der Waals surface area contributed by atoms with Crippen molar-refractivity contribution in [1.29, 1.82) is 0 Å². The minimum atomic E-state index is -2.63. The second-order valence-electron chi connectivity index (χ2n) is 3.10. The molecular weight excluding hydrogens is 319 g/mol. The number of hydrogen-bond acceptors (Lipinski definition) is 3. The molecule has 0 fully saturated rings. The number of nitrogens with two attached hydrogens (primary N) is 1. The molecule has 1 rings (SSSR count). The summed E-state index contributed by atoms with van der Waals surface area (Å²) in [5.41, 5.74) is 5.63. The summed E-state index contributed by atoms with van der Waals surface area (Å²) in [7, 11) is 2.88. The Labute approximate surface area is 113 Å². The molecule has 0 aromatic heterocycles. The highest BCUT2D eigenvalue weighted by Crippen LogP contribution is 2.37. The van der Waals surface area contributed by atoms with Gasteiger partial charge in [-0.2, -0.15) is 0 Å². The van der Waals surface area contributed by atoms with Crippen LogP contribution < -0.4 is 15.2 Å². The molecule has 0 unspecified atom stereocenters. The van der Waals surface area contributed by atoms with E-state index in [0.717, 1.165) is 0 Å². The third-order valence-electron chi connectivity index (χ3n) is 2.12. The number of hydrogen-bond donors (Lipinski definition) is 1. The van der Waals surface area contributed by atoms with Crippen LogP contribution in [0.2, 0.25) is 0 Å². The van der Waals surface area contributed by atoms with E-state index in [1.807, 2.05) is 0 Å². The van der Waals surface area contributed by atoms with Gasteiger partial charge in [-0.1, -0.05) is 0 Å². The number of benzene rings is 1. The Hall–Kier alpha value is -0.590. The van der Waals surface area contributed by atoms with E-state index in [9.17, 15) is 8.78 Å². The Morgan fingerprint density at radius 2 is 1.59 bits per heavy atom. The van der Waals surface area contributed by atoms with Gasteiger partial charge in [0.1, 0.15) is 16.0 Å². The van der Waals surface area contributed by atoms with Gasteiger partial charge < -0.3 is 15.2 Å². The highest BCUT2D eigenvalue weighted by atomic mass is 79.9. The third-order valence-corrected chi connectivity index (χ3v) is 2.91. The Balaban J connectivity index is 0.00000256. The summed E-state index contributed by atoms with van der Waals surface area (Å²) in [5, 5.41) is 0. The van der Waals surface area contributed by atoms with Crippen LogP contribution in [0.3, 0.4) is 0 Å². The first-order valence-corrected chi connectivity index (χ1v) is 5.25. The molecule has 1 atom stereocenters. The van der Waals surface area contributed by atoms with E-state index in [4.69, 9.17) is 15.2 Å². The minimum absolute atomic E-state index is 0. The van der Waals surface area contributed by atoms with E-state index < -0.39 is 12.5 Å². The van der Waals surface area contributed by atoms with Gasteiger partial charge in [0.05, 0.1) is 20.3 Å². The molecule has 1 aromatic rings. The first kappa shape index (κ1) is 16.4. The van der Waals surface area contributed by atoms with Gasteiger partial charge >= 0.3 is 0 Å². The first-order valence-electron chi connectivity index (χ1n) is 4.46. The van der Waals surface area contributed by atoms with Crippen LogP contribution in [0.4, 0.5) is 8.78 Å². The van der Waals surface area contributed by atoms with Crippen molar-refractivity contribution in [2.24, 2.45) is 5.73 Å². The zero-order chi connectivity index (χ0) is 12.3. The molecule has 0 heterocycles. The van der Waals surface area contributed by atoms with Crippen LogP contribution in [-0.2, 0) is 0 Å². The van der Waals surface area contributed by atoms with E-state index in [1.54, 1.807) is 0 Å². The van der Waals surface area contributed by atoms with Crippen molar-refractivity contribution in [2.75, 3.05) is 14.2 Å². The van der Waals surface area contributed by atoms with Crippen molar-refractivity contribution >= 4 is 28.3 Å². The Bertz CT molecular complexity index is 354. The van der Waals surface area contributed by atoms with E-state index in [0.29, 0.717) is 16.0 Å². The Morgan fingerprint density at radius 1 is 1.18 bits per heavy atom. The quantitative estimate of drug-likeness (QED) is 0.921. The number of methoxy groups -OCH3 is 2. The highest BCUT2D eigenvalue weighted by molar-refractivity contribution is 9.10. The maximum absolute atomic E-state index is 12.5. The Morgan fingerprint density at radius 3 is 1.88 bits per heavy atom. The van der Waals surface area contributed by atoms with Crippen molar-refractivity contribution in [2.45, 2.75) is 12.5 Å². The van der Waals surface area contributed by atoms with Crippen LogP contribution in [0.1, 0.15) is 11.6 Å². The van der Waals surface area contributed by atoms with Crippen molar-refractivity contribution in [3.63, 3.8) is 0 Å².